The van der Waals surface area contributed by atoms with Gasteiger partial charge in [-0.3, -0.25) is 9.59 Å². The fourth-order valence-corrected chi connectivity index (χ4v) is 4.58. The van der Waals surface area contributed by atoms with Crippen molar-refractivity contribution in [2.45, 2.75) is 31.1 Å². The molecule has 0 radical (unpaired) electrons. The molecule has 3 rings (SSSR count). The number of aryl methyl sites for hydroxylation is 2. The maximum absolute atomic E-state index is 12.9. The fourth-order valence-electron chi connectivity index (χ4n) is 3.03. The Bertz CT molecular complexity index is 1020. The molecule has 1 aromatic heterocycles. The van der Waals surface area contributed by atoms with E-state index < -0.39 is 15.9 Å². The molecule has 1 amide bonds. The predicted octanol–water partition coefficient (Wildman–Crippen LogP) is 2.12. The third-order valence-electron chi connectivity index (χ3n) is 4.78. The molecule has 2 aromatic rings. The molecule has 0 bridgehead atoms. The minimum Gasteiger partial charge on any atom is -0.322 e. The molecule has 144 valence electrons. The van der Waals surface area contributed by atoms with E-state index >= 15 is 0 Å². The SMILES string of the molecule is Cc1ccc(S(=O)(=O)N2CCCCC2)cc1NC(=O)c1ccn(C)c(=O)c1. The van der Waals surface area contributed by atoms with Gasteiger partial charge in [-0.1, -0.05) is 12.5 Å². The number of amides is 1. The van der Waals surface area contributed by atoms with Crippen molar-refractivity contribution >= 4 is 21.6 Å². The van der Waals surface area contributed by atoms with Gasteiger partial charge in [-0.05, 0) is 43.5 Å². The number of rotatable bonds is 4. The summed E-state index contributed by atoms with van der Waals surface area (Å²) in [5, 5.41) is 2.72. The van der Waals surface area contributed by atoms with Gasteiger partial charge in [0.2, 0.25) is 10.0 Å². The van der Waals surface area contributed by atoms with Gasteiger partial charge in [-0.15, -0.1) is 0 Å². The molecule has 27 heavy (non-hydrogen) atoms. The molecular weight excluding hydrogens is 366 g/mol. The lowest BCUT2D eigenvalue weighted by molar-refractivity contribution is 0.102. The van der Waals surface area contributed by atoms with Gasteiger partial charge in [0.1, 0.15) is 0 Å². The first-order valence-corrected chi connectivity index (χ1v) is 10.3. The summed E-state index contributed by atoms with van der Waals surface area (Å²) in [4.78, 5) is 24.4. The van der Waals surface area contributed by atoms with Crippen LogP contribution in [0.2, 0.25) is 0 Å². The van der Waals surface area contributed by atoms with Crippen molar-refractivity contribution in [3.8, 4) is 0 Å². The van der Waals surface area contributed by atoms with Crippen LogP contribution in [-0.4, -0.2) is 36.3 Å². The van der Waals surface area contributed by atoms with Crippen molar-refractivity contribution in [3.63, 3.8) is 0 Å². The maximum Gasteiger partial charge on any atom is 0.255 e. The molecule has 1 aromatic carbocycles. The van der Waals surface area contributed by atoms with E-state index in [1.165, 1.54) is 27.2 Å². The maximum atomic E-state index is 12.9. The van der Waals surface area contributed by atoms with Gasteiger partial charge in [-0.2, -0.15) is 4.31 Å². The molecule has 2 heterocycles. The Kier molecular flexibility index (Phi) is 5.48. The summed E-state index contributed by atoms with van der Waals surface area (Å²) < 4.78 is 28.6. The highest BCUT2D eigenvalue weighted by Gasteiger charge is 2.26. The molecule has 1 aliphatic rings. The lowest BCUT2D eigenvalue weighted by Gasteiger charge is -2.26. The summed E-state index contributed by atoms with van der Waals surface area (Å²) in [6, 6.07) is 7.52. The Hall–Kier alpha value is -2.45. The van der Waals surface area contributed by atoms with Crippen LogP contribution in [0.25, 0.3) is 0 Å². The van der Waals surface area contributed by atoms with E-state index in [0.29, 0.717) is 18.8 Å². The van der Waals surface area contributed by atoms with E-state index in [4.69, 9.17) is 0 Å². The first kappa shape index (κ1) is 19.3. The van der Waals surface area contributed by atoms with Crippen LogP contribution in [0.4, 0.5) is 5.69 Å². The van der Waals surface area contributed by atoms with E-state index in [0.717, 1.165) is 24.8 Å². The first-order valence-electron chi connectivity index (χ1n) is 8.88. The summed E-state index contributed by atoms with van der Waals surface area (Å²) >= 11 is 0. The first-order chi connectivity index (χ1) is 12.8. The van der Waals surface area contributed by atoms with Crippen molar-refractivity contribution in [1.82, 2.24) is 8.87 Å². The number of piperidine rings is 1. The van der Waals surface area contributed by atoms with Crippen LogP contribution in [0.3, 0.4) is 0 Å². The van der Waals surface area contributed by atoms with Gasteiger partial charge in [0.15, 0.2) is 0 Å². The molecule has 1 aliphatic heterocycles. The van der Waals surface area contributed by atoms with Crippen LogP contribution >= 0.6 is 0 Å². The van der Waals surface area contributed by atoms with Gasteiger partial charge < -0.3 is 9.88 Å². The van der Waals surface area contributed by atoms with Crippen LogP contribution in [0.5, 0.6) is 0 Å². The van der Waals surface area contributed by atoms with Gasteiger partial charge >= 0.3 is 0 Å². The molecule has 1 fully saturated rings. The zero-order chi connectivity index (χ0) is 19.6. The molecule has 0 spiro atoms. The number of sulfonamides is 1. The number of anilines is 1. The van der Waals surface area contributed by atoms with Gasteiger partial charge in [0, 0.05) is 43.7 Å². The highest BCUT2D eigenvalue weighted by Crippen LogP contribution is 2.25. The van der Waals surface area contributed by atoms with Crippen LogP contribution in [0.1, 0.15) is 35.2 Å². The van der Waals surface area contributed by atoms with Crippen molar-refractivity contribution in [1.29, 1.82) is 0 Å². The quantitative estimate of drug-likeness (QED) is 0.868. The number of aromatic nitrogens is 1. The molecule has 7 nitrogen and oxygen atoms in total. The molecular formula is C19H23N3O4S. The summed E-state index contributed by atoms with van der Waals surface area (Å²) in [5.74, 6) is -0.455. The molecule has 1 saturated heterocycles. The van der Waals surface area contributed by atoms with Crippen molar-refractivity contribution in [2.75, 3.05) is 18.4 Å². The highest BCUT2D eigenvalue weighted by molar-refractivity contribution is 7.89. The van der Waals surface area contributed by atoms with Gasteiger partial charge in [-0.25, -0.2) is 8.42 Å². The van der Waals surface area contributed by atoms with E-state index in [1.54, 1.807) is 32.2 Å². The normalized spacial score (nSPS) is 15.5. The topological polar surface area (TPSA) is 88.5 Å². The lowest BCUT2D eigenvalue weighted by Crippen LogP contribution is -2.35. The molecule has 0 unspecified atom stereocenters. The average molecular weight is 389 g/mol. The van der Waals surface area contributed by atoms with Crippen molar-refractivity contribution < 1.29 is 13.2 Å². The molecule has 0 saturated carbocycles. The highest BCUT2D eigenvalue weighted by atomic mass is 32.2. The number of hydrogen-bond acceptors (Lipinski definition) is 4. The number of nitrogens with zero attached hydrogens (tertiary/aromatic N) is 2. The number of carbonyl (C=O) groups is 1. The number of carbonyl (C=O) groups excluding carboxylic acids is 1. The summed E-state index contributed by atoms with van der Waals surface area (Å²) in [6.07, 6.45) is 4.27. The molecule has 8 heteroatoms. The second-order valence-electron chi connectivity index (χ2n) is 6.76. The van der Waals surface area contributed by atoms with Crippen molar-refractivity contribution in [2.24, 2.45) is 7.05 Å². The Morgan fingerprint density at radius 2 is 1.78 bits per heavy atom. The van der Waals surface area contributed by atoms with Crippen LogP contribution in [0.15, 0.2) is 46.2 Å². The number of pyridine rings is 1. The second-order valence-corrected chi connectivity index (χ2v) is 8.70. The monoisotopic (exact) mass is 389 g/mol. The van der Waals surface area contributed by atoms with E-state index in [9.17, 15) is 18.0 Å². The third-order valence-corrected chi connectivity index (χ3v) is 6.67. The van der Waals surface area contributed by atoms with Crippen LogP contribution < -0.4 is 10.9 Å². The lowest BCUT2D eigenvalue weighted by atomic mass is 10.2. The zero-order valence-corrected chi connectivity index (χ0v) is 16.3. The second kappa shape index (κ2) is 7.66. The zero-order valence-electron chi connectivity index (χ0n) is 15.4. The number of benzene rings is 1. The minimum atomic E-state index is -3.59. The Labute approximate surface area is 158 Å². The number of hydrogen-bond donors (Lipinski definition) is 1. The Balaban J connectivity index is 1.88. The summed E-state index contributed by atoms with van der Waals surface area (Å²) in [7, 11) is -1.99. The third kappa shape index (κ3) is 4.12. The standard InChI is InChI=1S/C19H23N3O4S/c1-14-6-7-16(27(25,26)22-9-4-3-5-10-22)13-17(14)20-19(24)15-8-11-21(2)18(23)12-15/h6-8,11-13H,3-5,9-10H2,1-2H3,(H,20,24). The minimum absolute atomic E-state index is 0.161. The predicted molar refractivity (Wildman–Crippen MR) is 103 cm³/mol. The molecule has 0 atom stereocenters. The smallest absolute Gasteiger partial charge is 0.255 e. The molecule has 1 N–H and O–H groups in total. The van der Waals surface area contributed by atoms with Gasteiger partial charge in [0.05, 0.1) is 4.90 Å². The average Bonchev–Trinajstić information content (AvgIpc) is 2.66. The van der Waals surface area contributed by atoms with Crippen LogP contribution in [-0.2, 0) is 17.1 Å². The van der Waals surface area contributed by atoms with Crippen LogP contribution in [0, 0.1) is 6.92 Å². The largest absolute Gasteiger partial charge is 0.322 e. The van der Waals surface area contributed by atoms with E-state index in [1.807, 2.05) is 0 Å². The summed E-state index contributed by atoms with van der Waals surface area (Å²) in [5.41, 5.74) is 1.09. The van der Waals surface area contributed by atoms with E-state index in [-0.39, 0.29) is 16.0 Å². The Morgan fingerprint density at radius 3 is 2.44 bits per heavy atom. The number of nitrogens with one attached hydrogen (secondary N) is 1. The fraction of sp³-hybridized carbons (Fsp3) is 0.368. The van der Waals surface area contributed by atoms with Crippen molar-refractivity contribution in [3.05, 3.63) is 58.0 Å². The Morgan fingerprint density at radius 1 is 1.07 bits per heavy atom. The van der Waals surface area contributed by atoms with E-state index in [2.05, 4.69) is 5.32 Å². The summed E-state index contributed by atoms with van der Waals surface area (Å²) in [6.45, 7) is 2.83. The van der Waals surface area contributed by atoms with Gasteiger partial charge in [0.25, 0.3) is 11.5 Å². The molecule has 0 aliphatic carbocycles.